The Balaban J connectivity index is -0.000000102. The van der Waals surface area contributed by atoms with Crippen molar-refractivity contribution in [2.75, 3.05) is 7.11 Å². The summed E-state index contributed by atoms with van der Waals surface area (Å²) in [6.45, 7) is 12.5. The molecule has 0 aromatic heterocycles. The van der Waals surface area contributed by atoms with Crippen LogP contribution in [0.3, 0.4) is 0 Å². The van der Waals surface area contributed by atoms with Gasteiger partial charge in [-0.05, 0) is 17.4 Å². The van der Waals surface area contributed by atoms with Crippen LogP contribution in [0.4, 0.5) is 0 Å². The third kappa shape index (κ3) is 25.8. The van der Waals surface area contributed by atoms with Crippen LogP contribution in [0.2, 0.25) is 6.55 Å². The second-order valence-corrected chi connectivity index (χ2v) is 6.38. The van der Waals surface area contributed by atoms with Crippen LogP contribution in [0.15, 0.2) is 30.3 Å². The van der Waals surface area contributed by atoms with Crippen LogP contribution >= 0.6 is 0 Å². The predicted octanol–water partition coefficient (Wildman–Crippen LogP) is 5.93. The summed E-state index contributed by atoms with van der Waals surface area (Å²) >= 11 is 0. The molecule has 0 heterocycles. The van der Waals surface area contributed by atoms with Crippen molar-refractivity contribution >= 4 is 8.93 Å². The average molecular weight is 301 g/mol. The molecule has 0 bridgehead atoms. The number of hydrogen-bond acceptors (Lipinski definition) is 2. The fraction of sp³-hybridized carbons (Fsp3) is 0.647. The minimum Gasteiger partial charge on any atom is -0.527 e. The Labute approximate surface area is 129 Å². The van der Waals surface area contributed by atoms with Gasteiger partial charge in [-0.25, -0.2) is 0 Å². The van der Waals surface area contributed by atoms with Crippen LogP contribution in [-0.4, -0.2) is 16.0 Å². The van der Waals surface area contributed by atoms with Crippen molar-refractivity contribution in [2.45, 2.75) is 61.9 Å². The first kappa shape index (κ1) is 27.4. The minimum atomic E-state index is -1.62. The third-order valence-electron chi connectivity index (χ3n) is 1.75. The summed E-state index contributed by atoms with van der Waals surface area (Å²) in [5.74, 6) is 1.49. The van der Waals surface area contributed by atoms with E-state index >= 15 is 0 Å². The first-order chi connectivity index (χ1) is 8.31. The van der Waals surface area contributed by atoms with Crippen molar-refractivity contribution in [3.05, 3.63) is 35.9 Å². The summed E-state index contributed by atoms with van der Waals surface area (Å²) in [6, 6.07) is 10.5. The van der Waals surface area contributed by atoms with Gasteiger partial charge in [0.2, 0.25) is 0 Å². The largest absolute Gasteiger partial charge is 0.527 e. The molecule has 0 aliphatic carbocycles. The lowest BCUT2D eigenvalue weighted by Crippen LogP contribution is -1.92. The van der Waals surface area contributed by atoms with Gasteiger partial charge in [-0.15, -0.1) is 0 Å². The maximum Gasteiger partial charge on any atom is 0.498 e. The van der Waals surface area contributed by atoms with E-state index in [1.54, 1.807) is 6.55 Å². The molecule has 1 aromatic rings. The molecule has 0 saturated carbocycles. The molecule has 20 heavy (non-hydrogen) atoms. The first-order valence-corrected chi connectivity index (χ1v) is 8.22. The Morgan fingerprint density at radius 3 is 1.40 bits per heavy atom. The maximum atomic E-state index is 9.78. The summed E-state index contributed by atoms with van der Waals surface area (Å²) in [5.41, 5.74) is 1.41. The predicted molar refractivity (Wildman–Crippen MR) is 93.8 cm³/mol. The molecular formula is C17H36O2Si. The van der Waals surface area contributed by atoms with E-state index in [1.807, 2.05) is 6.07 Å². The van der Waals surface area contributed by atoms with Crippen LogP contribution in [-0.2, 0) is 8.89 Å². The summed E-state index contributed by atoms with van der Waals surface area (Å²) in [4.78, 5) is 0. The number of hydrogen-bond donors (Lipinski definition) is 0. The Morgan fingerprint density at radius 2 is 1.25 bits per heavy atom. The quantitative estimate of drug-likeness (QED) is 0.633. The third-order valence-corrected chi connectivity index (χ3v) is 2.33. The molecule has 0 N–H and O–H groups in total. The number of rotatable bonds is 2. The van der Waals surface area contributed by atoms with E-state index in [0.717, 1.165) is 5.92 Å². The van der Waals surface area contributed by atoms with E-state index in [1.165, 1.54) is 12.7 Å². The van der Waals surface area contributed by atoms with Gasteiger partial charge in [0.1, 0.15) is 0 Å². The monoisotopic (exact) mass is 300 g/mol. The van der Waals surface area contributed by atoms with E-state index in [4.69, 9.17) is 0 Å². The normalized spacial score (nSPS) is 8.05. The van der Waals surface area contributed by atoms with E-state index in [2.05, 4.69) is 63.3 Å². The van der Waals surface area contributed by atoms with Crippen molar-refractivity contribution in [3.63, 3.8) is 0 Å². The maximum absolute atomic E-state index is 9.78. The Kier molecular flexibility index (Phi) is 24.7. The van der Waals surface area contributed by atoms with Crippen molar-refractivity contribution < 1.29 is 8.89 Å². The number of benzene rings is 1. The molecule has 0 unspecified atom stereocenters. The second-order valence-electron chi connectivity index (χ2n) is 4.99. The zero-order valence-electron chi connectivity index (χ0n) is 12.9. The van der Waals surface area contributed by atoms with Gasteiger partial charge in [-0.2, -0.15) is 0 Å². The Hall–Kier alpha value is -0.963. The second kappa shape index (κ2) is 18.0. The van der Waals surface area contributed by atoms with Crippen LogP contribution in [0, 0.1) is 5.92 Å². The standard InChI is InChI=1S/C9H12.C4H10.C2H6O2Si.2CH4/c1-8(2)9-6-4-3-5-7-9;1-4(2)3;1-4-5(2)3;;/h3-8H,1-2H3;4H,1-3H3;1-2H3;2*1H4. The lowest BCUT2D eigenvalue weighted by atomic mass is 10.0. The molecule has 1 rings (SSSR count). The summed E-state index contributed by atoms with van der Waals surface area (Å²) in [5, 5.41) is 0. The molecule has 0 saturated heterocycles. The van der Waals surface area contributed by atoms with Gasteiger partial charge in [0, 0.05) is 6.55 Å². The molecule has 3 heteroatoms. The average Bonchev–Trinajstić information content (AvgIpc) is 2.30. The minimum absolute atomic E-state index is 0. The molecule has 0 spiro atoms. The highest BCUT2D eigenvalue weighted by Crippen LogP contribution is 2.11. The molecule has 0 aliphatic rings. The van der Waals surface area contributed by atoms with Crippen LogP contribution in [0.25, 0.3) is 0 Å². The summed E-state index contributed by atoms with van der Waals surface area (Å²) in [6.07, 6.45) is 0. The SMILES string of the molecule is C.C.CC(C)C.CC(C)c1ccccc1.CO[Si](C)=O. The fourth-order valence-electron chi connectivity index (χ4n) is 0.838. The topological polar surface area (TPSA) is 26.3 Å². The van der Waals surface area contributed by atoms with Crippen molar-refractivity contribution in [1.29, 1.82) is 0 Å². The van der Waals surface area contributed by atoms with Gasteiger partial charge in [-0.1, -0.05) is 79.8 Å². The highest BCUT2D eigenvalue weighted by molar-refractivity contribution is 6.32. The molecular weight excluding hydrogens is 264 g/mol. The molecule has 2 nitrogen and oxygen atoms in total. The van der Waals surface area contributed by atoms with Crippen molar-refractivity contribution in [2.24, 2.45) is 5.92 Å². The summed E-state index contributed by atoms with van der Waals surface area (Å²) < 4.78 is 14.1. The zero-order chi connectivity index (χ0) is 14.6. The lowest BCUT2D eigenvalue weighted by Gasteiger charge is -2.01. The lowest BCUT2D eigenvalue weighted by molar-refractivity contribution is 0.370. The van der Waals surface area contributed by atoms with Crippen LogP contribution < -0.4 is 0 Å². The van der Waals surface area contributed by atoms with Crippen molar-refractivity contribution in [1.82, 2.24) is 0 Å². The van der Waals surface area contributed by atoms with Gasteiger partial charge < -0.3 is 8.89 Å². The van der Waals surface area contributed by atoms with Gasteiger partial charge in [-0.3, -0.25) is 0 Å². The Morgan fingerprint density at radius 1 is 0.950 bits per heavy atom. The molecule has 0 amide bonds. The molecule has 0 fully saturated rings. The van der Waals surface area contributed by atoms with E-state index in [0.29, 0.717) is 5.92 Å². The Bertz CT molecular complexity index is 292. The zero-order valence-corrected chi connectivity index (χ0v) is 13.9. The molecule has 120 valence electrons. The van der Waals surface area contributed by atoms with E-state index in [9.17, 15) is 4.46 Å². The molecule has 0 aliphatic heterocycles. The van der Waals surface area contributed by atoms with E-state index in [-0.39, 0.29) is 14.9 Å². The van der Waals surface area contributed by atoms with Gasteiger partial charge >= 0.3 is 8.93 Å². The first-order valence-electron chi connectivity index (χ1n) is 6.40. The van der Waals surface area contributed by atoms with Crippen LogP contribution in [0.5, 0.6) is 0 Å². The van der Waals surface area contributed by atoms with Gasteiger partial charge in [0.25, 0.3) is 0 Å². The highest BCUT2D eigenvalue weighted by atomic mass is 28.3. The summed E-state index contributed by atoms with van der Waals surface area (Å²) in [7, 11) is -0.192. The fourth-order valence-corrected chi connectivity index (χ4v) is 0.838. The van der Waals surface area contributed by atoms with Crippen molar-refractivity contribution in [3.8, 4) is 0 Å². The smallest absolute Gasteiger partial charge is 0.498 e. The molecule has 0 radical (unpaired) electrons. The highest BCUT2D eigenvalue weighted by Gasteiger charge is 1.93. The van der Waals surface area contributed by atoms with Gasteiger partial charge in [0.05, 0.1) is 7.11 Å². The molecule has 0 atom stereocenters. The molecule has 1 aromatic carbocycles. The van der Waals surface area contributed by atoms with Gasteiger partial charge in [0.15, 0.2) is 0 Å². The van der Waals surface area contributed by atoms with Crippen LogP contribution in [0.1, 0.15) is 61.0 Å². The van der Waals surface area contributed by atoms with E-state index < -0.39 is 8.93 Å².